The van der Waals surface area contributed by atoms with E-state index in [1.54, 1.807) is 25.3 Å². The van der Waals surface area contributed by atoms with E-state index in [1.165, 1.54) is 12.7 Å². The average Bonchev–Trinajstić information content (AvgIpc) is 2.77. The summed E-state index contributed by atoms with van der Waals surface area (Å²) in [7, 11) is 3.07. The van der Waals surface area contributed by atoms with Gasteiger partial charge >= 0.3 is 6.03 Å². The van der Waals surface area contributed by atoms with Crippen LogP contribution in [0.4, 0.5) is 27.9 Å². The SMILES string of the molecule is COc1cccc(NC(=O)NCCNc2nc(C)cc(Nc3ccc(C)cc3)n2)c1OC. The molecule has 4 N–H and O–H groups in total. The highest BCUT2D eigenvalue weighted by Gasteiger charge is 2.11. The molecule has 0 atom stereocenters. The maximum Gasteiger partial charge on any atom is 0.319 e. The van der Waals surface area contributed by atoms with Crippen LogP contribution in [0.1, 0.15) is 11.3 Å². The predicted molar refractivity (Wildman–Crippen MR) is 126 cm³/mol. The Bertz CT molecular complexity index is 1060. The third-order valence-corrected chi connectivity index (χ3v) is 4.52. The molecule has 32 heavy (non-hydrogen) atoms. The molecule has 1 aromatic heterocycles. The zero-order valence-corrected chi connectivity index (χ0v) is 18.7. The lowest BCUT2D eigenvalue weighted by atomic mass is 10.2. The summed E-state index contributed by atoms with van der Waals surface area (Å²) in [6, 6.07) is 14.9. The molecular formula is C23H28N6O3. The second-order valence-corrected chi connectivity index (χ2v) is 7.06. The van der Waals surface area contributed by atoms with Gasteiger partial charge in [-0.25, -0.2) is 9.78 Å². The number of hydrogen-bond acceptors (Lipinski definition) is 7. The molecule has 9 heteroatoms. The number of aromatic nitrogens is 2. The molecule has 0 radical (unpaired) electrons. The van der Waals surface area contributed by atoms with Crippen molar-refractivity contribution in [3.8, 4) is 11.5 Å². The van der Waals surface area contributed by atoms with Crippen molar-refractivity contribution in [2.24, 2.45) is 0 Å². The molecule has 3 rings (SSSR count). The summed E-state index contributed by atoms with van der Waals surface area (Å²) in [5.74, 6) is 2.18. The summed E-state index contributed by atoms with van der Waals surface area (Å²) in [5.41, 5.74) is 3.49. The van der Waals surface area contributed by atoms with Crippen LogP contribution in [0, 0.1) is 13.8 Å². The number of ether oxygens (including phenoxy) is 2. The van der Waals surface area contributed by atoms with Gasteiger partial charge in [-0.15, -0.1) is 0 Å². The van der Waals surface area contributed by atoms with Crippen molar-refractivity contribution in [1.82, 2.24) is 15.3 Å². The molecule has 0 aliphatic rings. The first kappa shape index (κ1) is 22.7. The number of carbonyl (C=O) groups excluding carboxylic acids is 1. The molecule has 3 aromatic rings. The topological polar surface area (TPSA) is 109 Å². The molecule has 1 heterocycles. The second kappa shape index (κ2) is 10.9. The van der Waals surface area contributed by atoms with Crippen molar-refractivity contribution < 1.29 is 14.3 Å². The van der Waals surface area contributed by atoms with Gasteiger partial charge in [0.15, 0.2) is 11.5 Å². The summed E-state index contributed by atoms with van der Waals surface area (Å²) in [5, 5.41) is 12.0. The van der Waals surface area contributed by atoms with E-state index in [0.29, 0.717) is 42.0 Å². The second-order valence-electron chi connectivity index (χ2n) is 7.06. The maximum absolute atomic E-state index is 12.2. The predicted octanol–water partition coefficient (Wildman–Crippen LogP) is 4.09. The fraction of sp³-hybridized carbons (Fsp3) is 0.261. The number of carbonyl (C=O) groups is 1. The molecule has 2 amide bonds. The van der Waals surface area contributed by atoms with Gasteiger partial charge in [0.2, 0.25) is 5.95 Å². The van der Waals surface area contributed by atoms with E-state index in [-0.39, 0.29) is 6.03 Å². The Kier molecular flexibility index (Phi) is 7.69. The van der Waals surface area contributed by atoms with Crippen LogP contribution in [-0.2, 0) is 0 Å². The van der Waals surface area contributed by atoms with Gasteiger partial charge in [-0.1, -0.05) is 23.8 Å². The Labute approximate surface area is 187 Å². The highest BCUT2D eigenvalue weighted by molar-refractivity contribution is 5.91. The molecular weight excluding hydrogens is 408 g/mol. The summed E-state index contributed by atoms with van der Waals surface area (Å²) >= 11 is 0. The van der Waals surface area contributed by atoms with E-state index in [0.717, 1.165) is 11.4 Å². The van der Waals surface area contributed by atoms with Gasteiger partial charge in [-0.3, -0.25) is 0 Å². The quantitative estimate of drug-likeness (QED) is 0.374. The Morgan fingerprint density at radius 1 is 0.969 bits per heavy atom. The maximum atomic E-state index is 12.2. The van der Waals surface area contributed by atoms with E-state index < -0.39 is 0 Å². The monoisotopic (exact) mass is 436 g/mol. The molecule has 0 saturated heterocycles. The van der Waals surface area contributed by atoms with Crippen LogP contribution in [0.5, 0.6) is 11.5 Å². The lowest BCUT2D eigenvalue weighted by molar-refractivity contribution is 0.252. The van der Waals surface area contributed by atoms with Gasteiger partial charge < -0.3 is 30.7 Å². The van der Waals surface area contributed by atoms with Crippen LogP contribution in [0.15, 0.2) is 48.5 Å². The fourth-order valence-electron chi connectivity index (χ4n) is 3.00. The number of methoxy groups -OCH3 is 2. The first-order chi connectivity index (χ1) is 15.5. The number of para-hydroxylation sites is 1. The molecule has 0 bridgehead atoms. The number of anilines is 4. The van der Waals surface area contributed by atoms with Crippen molar-refractivity contribution in [2.75, 3.05) is 43.3 Å². The lowest BCUT2D eigenvalue weighted by Gasteiger charge is -2.14. The van der Waals surface area contributed by atoms with Crippen molar-refractivity contribution in [1.29, 1.82) is 0 Å². The number of urea groups is 1. The highest BCUT2D eigenvalue weighted by atomic mass is 16.5. The Balaban J connectivity index is 1.51. The molecule has 168 valence electrons. The van der Waals surface area contributed by atoms with Crippen LogP contribution < -0.4 is 30.7 Å². The molecule has 0 spiro atoms. The van der Waals surface area contributed by atoms with Crippen molar-refractivity contribution in [2.45, 2.75) is 13.8 Å². The number of benzene rings is 2. The normalized spacial score (nSPS) is 10.2. The molecule has 0 aliphatic carbocycles. The summed E-state index contributed by atoms with van der Waals surface area (Å²) < 4.78 is 10.6. The minimum absolute atomic E-state index is 0.356. The molecule has 0 fully saturated rings. The smallest absolute Gasteiger partial charge is 0.319 e. The first-order valence-electron chi connectivity index (χ1n) is 10.2. The average molecular weight is 437 g/mol. The standard InChI is InChI=1S/C23H28N6O3/c1-15-8-10-17(11-9-15)27-20-14-16(2)26-22(29-20)24-12-13-25-23(30)28-18-6-5-7-19(31-3)21(18)32-4/h5-11,14H,12-13H2,1-4H3,(H2,25,28,30)(H2,24,26,27,29). The number of nitrogens with one attached hydrogen (secondary N) is 4. The van der Waals surface area contributed by atoms with E-state index >= 15 is 0 Å². The summed E-state index contributed by atoms with van der Waals surface area (Å²) in [4.78, 5) is 21.1. The summed E-state index contributed by atoms with van der Waals surface area (Å²) in [6.45, 7) is 4.77. The van der Waals surface area contributed by atoms with Crippen LogP contribution in [-0.4, -0.2) is 43.3 Å². The van der Waals surface area contributed by atoms with Gasteiger partial charge in [0, 0.05) is 30.5 Å². The molecule has 0 aliphatic heterocycles. The van der Waals surface area contributed by atoms with Gasteiger partial charge in [-0.05, 0) is 38.1 Å². The minimum atomic E-state index is -0.356. The summed E-state index contributed by atoms with van der Waals surface area (Å²) in [6.07, 6.45) is 0. The number of nitrogens with zero attached hydrogens (tertiary/aromatic N) is 2. The first-order valence-corrected chi connectivity index (χ1v) is 10.2. The van der Waals surface area contributed by atoms with Gasteiger partial charge in [0.1, 0.15) is 5.82 Å². The molecule has 0 saturated carbocycles. The highest BCUT2D eigenvalue weighted by Crippen LogP contribution is 2.34. The molecule has 2 aromatic carbocycles. The minimum Gasteiger partial charge on any atom is -0.493 e. The number of rotatable bonds is 9. The van der Waals surface area contributed by atoms with Gasteiger partial charge in [-0.2, -0.15) is 4.98 Å². The number of hydrogen-bond donors (Lipinski definition) is 4. The lowest BCUT2D eigenvalue weighted by Crippen LogP contribution is -2.33. The zero-order chi connectivity index (χ0) is 22.9. The largest absolute Gasteiger partial charge is 0.493 e. The Morgan fingerprint density at radius 2 is 1.75 bits per heavy atom. The van der Waals surface area contributed by atoms with Gasteiger partial charge in [0.05, 0.1) is 19.9 Å². The van der Waals surface area contributed by atoms with Crippen LogP contribution in [0.2, 0.25) is 0 Å². The fourth-order valence-corrected chi connectivity index (χ4v) is 3.00. The van der Waals surface area contributed by atoms with E-state index in [9.17, 15) is 4.79 Å². The number of aryl methyl sites for hydroxylation is 2. The van der Waals surface area contributed by atoms with Gasteiger partial charge in [0.25, 0.3) is 0 Å². The van der Waals surface area contributed by atoms with E-state index in [4.69, 9.17) is 9.47 Å². The van der Waals surface area contributed by atoms with Crippen molar-refractivity contribution in [3.63, 3.8) is 0 Å². The van der Waals surface area contributed by atoms with E-state index in [1.807, 2.05) is 44.2 Å². The van der Waals surface area contributed by atoms with Crippen LogP contribution in [0.3, 0.4) is 0 Å². The molecule has 0 unspecified atom stereocenters. The zero-order valence-electron chi connectivity index (χ0n) is 18.7. The number of amides is 2. The third-order valence-electron chi connectivity index (χ3n) is 4.52. The van der Waals surface area contributed by atoms with E-state index in [2.05, 4.69) is 31.2 Å². The third kappa shape index (κ3) is 6.24. The van der Waals surface area contributed by atoms with Crippen molar-refractivity contribution >= 4 is 29.2 Å². The van der Waals surface area contributed by atoms with Crippen LogP contribution >= 0.6 is 0 Å². The van der Waals surface area contributed by atoms with Crippen LogP contribution in [0.25, 0.3) is 0 Å². The Hall–Kier alpha value is -4.01. The Morgan fingerprint density at radius 3 is 2.47 bits per heavy atom. The molecule has 9 nitrogen and oxygen atoms in total. The van der Waals surface area contributed by atoms with Crippen molar-refractivity contribution in [3.05, 3.63) is 59.8 Å².